The minimum Gasteiger partial charge on any atom is -0.496 e. The third-order valence-electron chi connectivity index (χ3n) is 5.08. The average Bonchev–Trinajstić information content (AvgIpc) is 3.26. The zero-order chi connectivity index (χ0) is 21.8. The van der Waals surface area contributed by atoms with Gasteiger partial charge in [0.05, 0.1) is 12.8 Å². The topological polar surface area (TPSA) is 68.5 Å². The number of carbonyl (C=O) groups is 1. The minimum atomic E-state index is -1.19. The number of pyridine rings is 1. The quantitative estimate of drug-likeness (QED) is 0.600. The van der Waals surface area contributed by atoms with E-state index in [0.29, 0.717) is 6.54 Å². The van der Waals surface area contributed by atoms with Crippen molar-refractivity contribution >= 4 is 17.3 Å². The second-order valence-corrected chi connectivity index (χ2v) is 8.13. The van der Waals surface area contributed by atoms with Crippen LogP contribution in [0.15, 0.2) is 40.6 Å². The van der Waals surface area contributed by atoms with E-state index in [-0.39, 0.29) is 5.56 Å². The maximum Gasteiger partial charge on any atom is 0.341 e. The molecule has 0 fully saturated rings. The van der Waals surface area contributed by atoms with Gasteiger partial charge in [0.15, 0.2) is 5.43 Å². The lowest BCUT2D eigenvalue weighted by Crippen LogP contribution is -2.22. The van der Waals surface area contributed by atoms with Gasteiger partial charge in [-0.1, -0.05) is 33.3 Å². The monoisotopic (exact) mass is 425 g/mol. The summed E-state index contributed by atoms with van der Waals surface area (Å²) in [4.78, 5) is 24.7. The van der Waals surface area contributed by atoms with Gasteiger partial charge in [-0.2, -0.15) is 0 Å². The van der Waals surface area contributed by atoms with Gasteiger partial charge in [0.1, 0.15) is 11.3 Å². The molecule has 30 heavy (non-hydrogen) atoms. The molecule has 0 unspecified atom stereocenters. The van der Waals surface area contributed by atoms with Crippen LogP contribution in [-0.4, -0.2) is 22.8 Å². The molecule has 0 amide bonds. The first-order chi connectivity index (χ1) is 14.5. The van der Waals surface area contributed by atoms with Gasteiger partial charge in [0, 0.05) is 34.8 Å². The Kier molecular flexibility index (Phi) is 6.77. The number of aromatic nitrogens is 1. The SMILES string of the molecule is CCC.CCc1c2c(cc(-c3cccs3)c1OC)-c1cc(=O)c(C(=O)O)cn1CC2. The van der Waals surface area contributed by atoms with Crippen molar-refractivity contribution in [2.75, 3.05) is 7.11 Å². The molecule has 0 atom stereocenters. The molecule has 1 aliphatic heterocycles. The van der Waals surface area contributed by atoms with Crippen LogP contribution >= 0.6 is 11.3 Å². The molecule has 0 spiro atoms. The Bertz CT molecular complexity index is 1110. The Morgan fingerprint density at radius 2 is 1.97 bits per heavy atom. The molecule has 5 nitrogen and oxygen atoms in total. The van der Waals surface area contributed by atoms with Crippen molar-refractivity contribution in [3.05, 3.63) is 62.8 Å². The summed E-state index contributed by atoms with van der Waals surface area (Å²) in [6.45, 7) is 6.99. The van der Waals surface area contributed by atoms with Gasteiger partial charge in [0.25, 0.3) is 0 Å². The second-order valence-electron chi connectivity index (χ2n) is 7.19. The van der Waals surface area contributed by atoms with Crippen LogP contribution in [0.5, 0.6) is 5.75 Å². The van der Waals surface area contributed by atoms with Crippen molar-refractivity contribution < 1.29 is 14.6 Å². The zero-order valence-corrected chi connectivity index (χ0v) is 18.6. The molecule has 3 aromatic rings. The van der Waals surface area contributed by atoms with E-state index in [1.54, 1.807) is 18.4 Å². The highest BCUT2D eigenvalue weighted by Crippen LogP contribution is 2.44. The molecule has 3 heterocycles. The molecule has 0 saturated carbocycles. The molecule has 4 rings (SSSR count). The number of benzene rings is 1. The van der Waals surface area contributed by atoms with Gasteiger partial charge in [-0.05, 0) is 41.5 Å². The first kappa shape index (κ1) is 21.8. The number of ether oxygens (including phenoxy) is 1. The number of rotatable bonds is 4. The predicted molar refractivity (Wildman–Crippen MR) is 122 cm³/mol. The minimum absolute atomic E-state index is 0.190. The summed E-state index contributed by atoms with van der Waals surface area (Å²) in [7, 11) is 1.69. The molecule has 0 saturated heterocycles. The molecule has 1 N–H and O–H groups in total. The highest BCUT2D eigenvalue weighted by atomic mass is 32.1. The van der Waals surface area contributed by atoms with Crippen molar-refractivity contribution in [1.29, 1.82) is 0 Å². The molecule has 158 valence electrons. The number of hydrogen-bond donors (Lipinski definition) is 1. The van der Waals surface area contributed by atoms with Crippen LogP contribution in [0.25, 0.3) is 21.7 Å². The van der Waals surface area contributed by atoms with E-state index in [2.05, 4.69) is 32.9 Å². The van der Waals surface area contributed by atoms with E-state index in [1.807, 2.05) is 16.0 Å². The third-order valence-corrected chi connectivity index (χ3v) is 5.98. The maximum atomic E-state index is 12.3. The van der Waals surface area contributed by atoms with E-state index >= 15 is 0 Å². The summed E-state index contributed by atoms with van der Waals surface area (Å²) in [5.74, 6) is -0.305. The Morgan fingerprint density at radius 3 is 2.53 bits per heavy atom. The van der Waals surface area contributed by atoms with Crippen LogP contribution in [0.3, 0.4) is 0 Å². The molecule has 0 aliphatic carbocycles. The first-order valence-corrected chi connectivity index (χ1v) is 11.1. The highest BCUT2D eigenvalue weighted by Gasteiger charge is 2.25. The maximum absolute atomic E-state index is 12.3. The summed E-state index contributed by atoms with van der Waals surface area (Å²) in [6.07, 6.45) is 4.31. The van der Waals surface area contributed by atoms with Crippen LogP contribution in [0.4, 0.5) is 0 Å². The number of nitrogens with zero attached hydrogens (tertiary/aromatic N) is 1. The van der Waals surface area contributed by atoms with E-state index in [1.165, 1.54) is 24.2 Å². The third kappa shape index (κ3) is 3.92. The summed E-state index contributed by atoms with van der Waals surface area (Å²) in [6, 6.07) is 7.58. The lowest BCUT2D eigenvalue weighted by atomic mass is 9.88. The van der Waals surface area contributed by atoms with Gasteiger partial charge in [-0.25, -0.2) is 4.79 Å². The molecule has 0 bridgehead atoms. The summed E-state index contributed by atoms with van der Waals surface area (Å²) in [5, 5.41) is 11.3. The van der Waals surface area contributed by atoms with Crippen molar-refractivity contribution in [2.45, 2.75) is 46.6 Å². The fraction of sp³-hybridized carbons (Fsp3) is 0.333. The fourth-order valence-electron chi connectivity index (χ4n) is 3.88. The van der Waals surface area contributed by atoms with E-state index in [4.69, 9.17) is 4.74 Å². The van der Waals surface area contributed by atoms with Crippen molar-refractivity contribution in [3.8, 4) is 27.4 Å². The molecule has 2 aromatic heterocycles. The van der Waals surface area contributed by atoms with Gasteiger partial charge < -0.3 is 14.4 Å². The smallest absolute Gasteiger partial charge is 0.341 e. The van der Waals surface area contributed by atoms with Crippen LogP contribution in [0, 0.1) is 0 Å². The van der Waals surface area contributed by atoms with Gasteiger partial charge in [-0.15, -0.1) is 11.3 Å². The number of methoxy groups -OCH3 is 1. The number of hydrogen-bond acceptors (Lipinski definition) is 4. The Labute approximate surface area is 180 Å². The Morgan fingerprint density at radius 1 is 1.23 bits per heavy atom. The number of thiophene rings is 1. The highest BCUT2D eigenvalue weighted by molar-refractivity contribution is 7.13. The summed E-state index contributed by atoms with van der Waals surface area (Å²) < 4.78 is 7.65. The molecular formula is C24H27NO4S. The normalized spacial score (nSPS) is 11.7. The summed E-state index contributed by atoms with van der Waals surface area (Å²) in [5.41, 5.74) is 4.43. The average molecular weight is 426 g/mol. The van der Waals surface area contributed by atoms with E-state index in [0.717, 1.165) is 45.9 Å². The lowest BCUT2D eigenvalue weighted by Gasteiger charge is -2.27. The molecule has 1 aromatic carbocycles. The van der Waals surface area contributed by atoms with Gasteiger partial charge >= 0.3 is 5.97 Å². The van der Waals surface area contributed by atoms with Crippen molar-refractivity contribution in [2.24, 2.45) is 0 Å². The lowest BCUT2D eigenvalue weighted by molar-refractivity contribution is 0.0694. The molecule has 0 radical (unpaired) electrons. The molecular weight excluding hydrogens is 398 g/mol. The van der Waals surface area contributed by atoms with Gasteiger partial charge in [-0.3, -0.25) is 4.79 Å². The van der Waals surface area contributed by atoms with Crippen molar-refractivity contribution in [3.63, 3.8) is 0 Å². The number of aryl methyl sites for hydroxylation is 1. The molecule has 6 heteroatoms. The number of fused-ring (bicyclic) bond motifs is 3. The zero-order valence-electron chi connectivity index (χ0n) is 17.8. The van der Waals surface area contributed by atoms with Crippen LogP contribution in [-0.2, 0) is 19.4 Å². The Balaban J connectivity index is 0.000000806. The van der Waals surface area contributed by atoms with Crippen molar-refractivity contribution in [1.82, 2.24) is 4.57 Å². The second kappa shape index (κ2) is 9.30. The number of aromatic carboxylic acids is 1. The number of carboxylic acids is 1. The van der Waals surface area contributed by atoms with E-state index in [9.17, 15) is 14.7 Å². The Hall–Kier alpha value is -2.86. The van der Waals surface area contributed by atoms with Crippen LogP contribution in [0.1, 0.15) is 48.7 Å². The standard InChI is InChI=1S/C21H19NO4S.C3H8/c1-3-12-13-6-7-22-11-16(21(24)25)18(23)10-17(22)14(13)9-15(20(12)26-2)19-5-4-8-27-19;1-3-2/h4-5,8-11H,3,6-7H2,1-2H3,(H,24,25);3H2,1-2H3. The largest absolute Gasteiger partial charge is 0.496 e. The summed E-state index contributed by atoms with van der Waals surface area (Å²) >= 11 is 1.64. The molecule has 1 aliphatic rings. The van der Waals surface area contributed by atoms with E-state index < -0.39 is 11.4 Å². The first-order valence-electron chi connectivity index (χ1n) is 10.2. The number of carboxylic acid groups (broad SMARTS) is 1. The fourth-order valence-corrected chi connectivity index (χ4v) is 4.62. The van der Waals surface area contributed by atoms with Gasteiger partial charge in [0.2, 0.25) is 0 Å². The van der Waals surface area contributed by atoms with Crippen LogP contribution in [0.2, 0.25) is 0 Å². The van der Waals surface area contributed by atoms with Crippen LogP contribution < -0.4 is 10.2 Å². The predicted octanol–water partition coefficient (Wildman–Crippen LogP) is 5.49.